The quantitative estimate of drug-likeness (QED) is 0.383. The first kappa shape index (κ1) is 19.4. The molecule has 0 aliphatic carbocycles. The molecule has 1 aromatic rings. The highest BCUT2D eigenvalue weighted by Crippen LogP contribution is 2.50. The summed E-state index contributed by atoms with van der Waals surface area (Å²) in [5, 5.41) is 0. The van der Waals surface area contributed by atoms with Gasteiger partial charge >= 0.3 is 0 Å². The summed E-state index contributed by atoms with van der Waals surface area (Å²) in [4.78, 5) is 0. The van der Waals surface area contributed by atoms with Gasteiger partial charge in [0.15, 0.2) is 0 Å². The number of rotatable bonds is 2. The van der Waals surface area contributed by atoms with Crippen LogP contribution in [0.4, 0.5) is 0 Å². The van der Waals surface area contributed by atoms with E-state index in [0.29, 0.717) is 0 Å². The van der Waals surface area contributed by atoms with Gasteiger partial charge in [-0.15, -0.1) is 69.3 Å². The zero-order chi connectivity index (χ0) is 16.7. The van der Waals surface area contributed by atoms with Gasteiger partial charge in [-0.25, -0.2) is 0 Å². The standard InChI is InChI=1S/C16H24S6/c1-15(2,3)21-13-9-10(12(18-8)19-13)14(20-11(9)17-7)22-16(4,5)6/h1-8H3. The summed E-state index contributed by atoms with van der Waals surface area (Å²) in [5.74, 6) is 0. The minimum Gasteiger partial charge on any atom is -0.121 e. The molecule has 2 heterocycles. The van der Waals surface area contributed by atoms with Crippen molar-refractivity contribution in [2.45, 2.75) is 59.5 Å². The van der Waals surface area contributed by atoms with E-state index in [9.17, 15) is 0 Å². The molecule has 0 saturated carbocycles. The fourth-order valence-corrected chi connectivity index (χ4v) is 10.4. The maximum absolute atomic E-state index is 2.30. The summed E-state index contributed by atoms with van der Waals surface area (Å²) in [7, 11) is 1.98. The third kappa shape index (κ3) is 4.57. The minimum atomic E-state index is 0.252. The van der Waals surface area contributed by atoms with Crippen molar-refractivity contribution in [3.63, 3.8) is 0 Å². The first-order valence-corrected chi connectivity index (χ1v) is 12.8. The fraction of sp³-hybridized carbons (Fsp3) is 0.625. The van der Waals surface area contributed by atoms with Gasteiger partial charge in [0.25, 0.3) is 0 Å². The molecule has 0 atom stereocenters. The topological polar surface area (TPSA) is 0 Å². The zero-order valence-corrected chi connectivity index (χ0v) is 19.3. The second-order valence-corrected chi connectivity index (χ2v) is 15.3. The maximum atomic E-state index is 2.30. The Bertz CT molecular complexity index is 633. The molecule has 124 valence electrons. The Kier molecular flexibility index (Phi) is 6.28. The van der Waals surface area contributed by atoms with E-state index in [1.165, 1.54) is 27.9 Å². The molecule has 0 bridgehead atoms. The van der Waals surface area contributed by atoms with E-state index < -0.39 is 0 Å². The molecule has 0 unspecified atom stereocenters. The molecule has 0 radical (unpaired) electrons. The van der Waals surface area contributed by atoms with Crippen molar-refractivity contribution >= 4 is 77.7 Å². The lowest BCUT2D eigenvalue weighted by Gasteiger charge is -2.18. The van der Waals surface area contributed by atoms with E-state index in [-0.39, 0.29) is 9.49 Å². The zero-order valence-electron chi connectivity index (χ0n) is 14.4. The van der Waals surface area contributed by atoms with Crippen molar-refractivity contribution < 1.29 is 0 Å². The lowest BCUT2D eigenvalue weighted by Crippen LogP contribution is -2.11. The Labute approximate surface area is 159 Å². The smallest absolute Gasteiger partial charge is 0.0714 e. The summed E-state index contributed by atoms with van der Waals surface area (Å²) in [5.41, 5.74) is 3.03. The average Bonchev–Trinajstić information content (AvgIpc) is 2.85. The molecule has 1 aliphatic rings. The van der Waals surface area contributed by atoms with E-state index in [4.69, 9.17) is 0 Å². The second-order valence-electron chi connectivity index (χ2n) is 6.94. The molecule has 0 nitrogen and oxygen atoms in total. The third-order valence-electron chi connectivity index (χ3n) is 2.61. The van der Waals surface area contributed by atoms with Crippen LogP contribution in [0.1, 0.15) is 52.7 Å². The third-order valence-corrected chi connectivity index (χ3v) is 9.82. The van der Waals surface area contributed by atoms with E-state index in [1.54, 1.807) is 0 Å². The van der Waals surface area contributed by atoms with Crippen molar-refractivity contribution in [2.75, 3.05) is 12.5 Å². The molecule has 0 N–H and O–H groups in total. The molecule has 6 heteroatoms. The summed E-state index contributed by atoms with van der Waals surface area (Å²) >= 11 is 9.81. The SMILES string of the molecule is CSC1=S=C(SC(C)(C)C)c2c(SC)sc(SC(C)(C)C)c21. The predicted molar refractivity (Wildman–Crippen MR) is 118 cm³/mol. The van der Waals surface area contributed by atoms with E-state index in [2.05, 4.69) is 54.1 Å². The van der Waals surface area contributed by atoms with Crippen LogP contribution in [0.25, 0.3) is 0 Å². The van der Waals surface area contributed by atoms with Crippen LogP contribution in [0.15, 0.2) is 8.42 Å². The Morgan fingerprint density at radius 2 is 1.23 bits per heavy atom. The molecule has 0 aromatic carbocycles. The Balaban J connectivity index is 2.54. The van der Waals surface area contributed by atoms with Gasteiger partial charge in [0.1, 0.15) is 0 Å². The molecule has 1 aliphatic heterocycles. The summed E-state index contributed by atoms with van der Waals surface area (Å²) in [6.07, 6.45) is 4.41. The normalized spacial score (nSPS) is 15.3. The lowest BCUT2D eigenvalue weighted by atomic mass is 10.2. The predicted octanol–water partition coefficient (Wildman–Crippen LogP) is 6.96. The average molecular weight is 409 g/mol. The van der Waals surface area contributed by atoms with Crippen LogP contribution in [0.2, 0.25) is 0 Å². The molecule has 22 heavy (non-hydrogen) atoms. The summed E-state index contributed by atoms with van der Waals surface area (Å²) in [6.45, 7) is 13.8. The molecular formula is C16H24S6. The van der Waals surface area contributed by atoms with Gasteiger partial charge in [0, 0.05) is 20.6 Å². The number of hydrogen-bond donors (Lipinski definition) is 0. The Hall–Kier alpha value is 1.06. The molecule has 2 rings (SSSR count). The van der Waals surface area contributed by atoms with Crippen molar-refractivity contribution in [3.8, 4) is 0 Å². The van der Waals surface area contributed by atoms with E-state index >= 15 is 0 Å². The molecule has 0 fully saturated rings. The van der Waals surface area contributed by atoms with Crippen molar-refractivity contribution in [1.29, 1.82) is 0 Å². The summed E-state index contributed by atoms with van der Waals surface area (Å²) in [6, 6.07) is 0. The van der Waals surface area contributed by atoms with Crippen molar-refractivity contribution in [3.05, 3.63) is 11.1 Å². The van der Waals surface area contributed by atoms with Crippen molar-refractivity contribution in [1.82, 2.24) is 0 Å². The van der Waals surface area contributed by atoms with E-state index in [0.717, 1.165) is 0 Å². The number of thioether (sulfide) groups is 4. The number of hydrogen-bond acceptors (Lipinski definition) is 5. The van der Waals surface area contributed by atoms with Crippen LogP contribution in [0, 0.1) is 0 Å². The molecule has 0 spiro atoms. The Morgan fingerprint density at radius 1 is 0.682 bits per heavy atom. The highest BCUT2D eigenvalue weighted by molar-refractivity contribution is 8.35. The van der Waals surface area contributed by atoms with Crippen LogP contribution in [-0.4, -0.2) is 30.4 Å². The molecular weight excluding hydrogens is 385 g/mol. The molecule has 1 aromatic heterocycles. The second kappa shape index (κ2) is 7.12. The minimum absolute atomic E-state index is 0.252. The maximum Gasteiger partial charge on any atom is 0.0714 e. The monoisotopic (exact) mass is 408 g/mol. The fourth-order valence-electron chi connectivity index (χ4n) is 1.93. The van der Waals surface area contributed by atoms with Gasteiger partial charge in [-0.3, -0.25) is 0 Å². The van der Waals surface area contributed by atoms with Gasteiger partial charge in [-0.05, 0) is 12.5 Å². The number of fused-ring (bicyclic) bond motifs is 1. The first-order chi connectivity index (χ1) is 10.1. The van der Waals surface area contributed by atoms with Gasteiger partial charge in [-0.1, -0.05) is 41.5 Å². The number of thiophene rings is 1. The summed E-state index contributed by atoms with van der Waals surface area (Å²) < 4.78 is 6.45. The molecule has 0 saturated heterocycles. The van der Waals surface area contributed by atoms with Crippen molar-refractivity contribution in [2.24, 2.45) is 0 Å². The highest BCUT2D eigenvalue weighted by Gasteiger charge is 2.31. The van der Waals surface area contributed by atoms with Gasteiger partial charge < -0.3 is 0 Å². The van der Waals surface area contributed by atoms with Crippen LogP contribution in [0.3, 0.4) is 0 Å². The van der Waals surface area contributed by atoms with Crippen LogP contribution >= 0.6 is 69.3 Å². The largest absolute Gasteiger partial charge is 0.121 e. The van der Waals surface area contributed by atoms with Gasteiger partial charge in [0.05, 0.1) is 16.8 Å². The first-order valence-electron chi connectivity index (χ1n) is 7.11. The van der Waals surface area contributed by atoms with Gasteiger partial charge in [-0.2, -0.15) is 0 Å². The van der Waals surface area contributed by atoms with Crippen LogP contribution in [0.5, 0.6) is 0 Å². The highest BCUT2D eigenvalue weighted by atomic mass is 32.2. The molecule has 0 amide bonds. The Morgan fingerprint density at radius 3 is 1.68 bits per heavy atom. The van der Waals surface area contributed by atoms with Crippen LogP contribution in [-0.2, 0) is 0 Å². The van der Waals surface area contributed by atoms with E-state index in [1.807, 2.05) is 69.3 Å². The van der Waals surface area contributed by atoms with Crippen LogP contribution < -0.4 is 0 Å². The van der Waals surface area contributed by atoms with Gasteiger partial charge in [0.2, 0.25) is 0 Å². The lowest BCUT2D eigenvalue weighted by molar-refractivity contribution is 0.804.